The Morgan fingerprint density at radius 3 is 1.75 bits per heavy atom. The number of nitrogens with two attached hydrogens (primary N) is 1. The molecule has 0 aromatic heterocycles. The molecule has 3 saturated heterocycles. The van der Waals surface area contributed by atoms with Crippen LogP contribution in [0.25, 0.3) is 0 Å². The van der Waals surface area contributed by atoms with E-state index in [0.717, 1.165) is 73.3 Å². The molecule has 3 unspecified atom stereocenters. The Bertz CT molecular complexity index is 638. The summed E-state index contributed by atoms with van der Waals surface area (Å²) in [6.07, 6.45) is 6.39. The molecule has 3 aliphatic heterocycles. The second-order valence-electron chi connectivity index (χ2n) is 8.47. The molecule has 6 N–H and O–H groups in total. The molecular weight excluding hydrogens is 575 g/mol. The molecule has 13 heteroatoms. The van der Waals surface area contributed by atoms with Crippen molar-refractivity contribution >= 4 is 34.5 Å². The zero-order valence-corrected chi connectivity index (χ0v) is 26.9. The molecule has 3 atom stereocenters. The minimum absolute atomic E-state index is 0. The largest absolute Gasteiger partial charge is 0.503 e. The van der Waals surface area contributed by atoms with Gasteiger partial charge in [0.25, 0.3) is 0 Å². The molecule has 0 spiro atoms. The maximum Gasteiger partial charge on any atom is 0.222 e. The first-order valence-electron chi connectivity index (χ1n) is 12.0. The van der Waals surface area contributed by atoms with Crippen LogP contribution >= 0.6 is 16.7 Å². The Kier molecular flexibility index (Phi) is 27.6. The third kappa shape index (κ3) is 19.6. The predicted octanol–water partition coefficient (Wildman–Crippen LogP) is 3.85. The van der Waals surface area contributed by atoms with Crippen LogP contribution in [0.2, 0.25) is 0 Å². The smallest absolute Gasteiger partial charge is 0.222 e. The molecule has 3 heterocycles. The Hall–Kier alpha value is -0.496. The summed E-state index contributed by atoms with van der Waals surface area (Å²) < 4.78 is 0. The number of hydrogen-bond donors (Lipinski definition) is 5. The molecule has 0 bridgehead atoms. The molecule has 2 amide bonds. The van der Waals surface area contributed by atoms with Gasteiger partial charge in [0, 0.05) is 112 Å². The van der Waals surface area contributed by atoms with Gasteiger partial charge >= 0.3 is 0 Å². The molecule has 10 nitrogen and oxygen atoms in total. The van der Waals surface area contributed by atoms with Crippen molar-refractivity contribution in [1.82, 2.24) is 15.1 Å². The zero-order valence-electron chi connectivity index (χ0n) is 22.2. The average Bonchev–Trinajstić information content (AvgIpc) is 3.56. The first-order valence-corrected chi connectivity index (χ1v) is 13.9. The number of hydrogen-bond acceptors (Lipinski definition) is 7. The Balaban J connectivity index is -0.000000421. The van der Waals surface area contributed by atoms with E-state index in [9.17, 15) is 9.59 Å². The van der Waals surface area contributed by atoms with Gasteiger partial charge in [0.1, 0.15) is 0 Å². The van der Waals surface area contributed by atoms with E-state index in [4.69, 9.17) is 26.0 Å². The SMILES string of the molecule is CCCC(=O)N1CCC(N)C1.CCCC(=O)N1CCC(P=N)C1.N=PC1CCNC1.[CH2-]C(=O)O.[CH3-].[Y]. The van der Waals surface area contributed by atoms with Crippen molar-refractivity contribution in [2.24, 2.45) is 5.73 Å². The van der Waals surface area contributed by atoms with Crippen LogP contribution in [0.15, 0.2) is 0 Å². The van der Waals surface area contributed by atoms with Crippen molar-refractivity contribution in [3.8, 4) is 0 Å². The Labute approximate surface area is 246 Å². The van der Waals surface area contributed by atoms with E-state index in [0.29, 0.717) is 32.5 Å². The van der Waals surface area contributed by atoms with Gasteiger partial charge in [-0.25, -0.2) is 0 Å². The van der Waals surface area contributed by atoms with E-state index in [1.165, 1.54) is 6.42 Å². The average molecular weight is 622 g/mol. The standard InChI is InChI=1S/C8H15N2OP.C8H16N2O.C4H9N2P.C2H3O2.CH3.Y/c1-2-3-8(11)10-5-4-7(6-10)12-9;1-2-3-8(11)10-5-4-7(9)6-10;5-7-4-1-2-6-3-4;1-2(3)4;;/h7,9H,2-6H2,1H3;7H,2-6,9H2,1H3;4-6H,1-3H2;1H2,(H,3,4);1H3;/q;;;2*-1;. The Morgan fingerprint density at radius 1 is 0.972 bits per heavy atom. The summed E-state index contributed by atoms with van der Waals surface area (Å²) >= 11 is 0. The first-order chi connectivity index (χ1) is 16.2. The van der Waals surface area contributed by atoms with Crippen molar-refractivity contribution in [2.75, 3.05) is 39.3 Å². The fourth-order valence-electron chi connectivity index (χ4n) is 3.58. The minimum Gasteiger partial charge on any atom is -0.503 e. The predicted molar refractivity (Wildman–Crippen MR) is 144 cm³/mol. The summed E-state index contributed by atoms with van der Waals surface area (Å²) in [5.74, 6) is -0.552. The number of nitrogens with zero attached hydrogens (tertiary/aromatic N) is 2. The second-order valence-corrected chi connectivity index (χ2v) is 10.4. The summed E-state index contributed by atoms with van der Waals surface area (Å²) in [5, 5.41) is 24.6. The van der Waals surface area contributed by atoms with Gasteiger partial charge in [0.2, 0.25) is 11.8 Å². The van der Waals surface area contributed by atoms with Crippen molar-refractivity contribution in [3.63, 3.8) is 0 Å². The monoisotopic (exact) mass is 621 g/mol. The maximum atomic E-state index is 11.4. The van der Waals surface area contributed by atoms with E-state index in [-0.39, 0.29) is 58.0 Å². The van der Waals surface area contributed by atoms with Crippen LogP contribution in [0, 0.1) is 24.7 Å². The summed E-state index contributed by atoms with van der Waals surface area (Å²) in [6.45, 7) is 12.1. The number of likely N-dealkylation sites (tertiary alicyclic amines) is 2. The van der Waals surface area contributed by atoms with Crippen LogP contribution in [-0.2, 0) is 47.1 Å². The van der Waals surface area contributed by atoms with E-state index in [2.05, 4.69) is 12.2 Å². The van der Waals surface area contributed by atoms with Crippen molar-refractivity contribution in [1.29, 1.82) is 10.3 Å². The fourth-order valence-corrected chi connectivity index (χ4v) is 4.58. The topological polar surface area (TPSA) is 164 Å². The number of nitrogens with one attached hydrogen (secondary N) is 3. The molecular formula is C23H46N6O4P2Y-2. The molecule has 0 aromatic rings. The molecule has 1 radical (unpaired) electrons. The number of carbonyl (C=O) groups excluding carboxylic acids is 2. The molecule has 0 aromatic carbocycles. The van der Waals surface area contributed by atoms with Crippen LogP contribution in [0.1, 0.15) is 58.8 Å². The van der Waals surface area contributed by atoms with Gasteiger partial charge in [0.05, 0.1) is 0 Å². The van der Waals surface area contributed by atoms with Gasteiger partial charge in [-0.2, -0.15) is 0 Å². The van der Waals surface area contributed by atoms with Crippen LogP contribution < -0.4 is 11.1 Å². The van der Waals surface area contributed by atoms with E-state index >= 15 is 0 Å². The minimum atomic E-state index is -1.08. The molecule has 0 saturated carbocycles. The zero-order chi connectivity index (χ0) is 25.9. The molecule has 3 aliphatic rings. The van der Waals surface area contributed by atoms with Crippen LogP contribution in [0.5, 0.6) is 0 Å². The van der Waals surface area contributed by atoms with E-state index < -0.39 is 5.97 Å². The van der Waals surface area contributed by atoms with Crippen molar-refractivity contribution in [3.05, 3.63) is 14.4 Å². The van der Waals surface area contributed by atoms with Crippen molar-refractivity contribution in [2.45, 2.75) is 76.2 Å². The number of rotatable bonds is 6. The fraction of sp³-hybridized carbons (Fsp3) is 0.783. The third-order valence-electron chi connectivity index (χ3n) is 5.42. The van der Waals surface area contributed by atoms with E-state index in [1.54, 1.807) is 0 Å². The summed E-state index contributed by atoms with van der Waals surface area (Å²) in [4.78, 5) is 35.3. The second kappa shape index (κ2) is 24.8. The number of aliphatic carboxylic acids is 1. The number of carbonyl (C=O) groups is 3. The first kappa shape index (κ1) is 40.0. The molecule has 207 valence electrons. The maximum absolute atomic E-state index is 11.4. The molecule has 3 rings (SSSR count). The normalized spacial score (nSPS) is 22.0. The Morgan fingerprint density at radius 2 is 1.44 bits per heavy atom. The summed E-state index contributed by atoms with van der Waals surface area (Å²) in [6, 6.07) is 0.218. The van der Waals surface area contributed by atoms with E-state index in [1.807, 2.05) is 23.6 Å². The summed E-state index contributed by atoms with van der Waals surface area (Å²) in [5.41, 5.74) is 6.70. The quantitative estimate of drug-likeness (QED) is 0.223. The number of amides is 2. The van der Waals surface area contributed by atoms with Gasteiger partial charge in [-0.15, -0.1) is 0 Å². The molecule has 3 fully saturated rings. The van der Waals surface area contributed by atoms with Gasteiger partial charge in [-0.05, 0) is 38.6 Å². The van der Waals surface area contributed by atoms with Crippen LogP contribution in [0.3, 0.4) is 0 Å². The van der Waals surface area contributed by atoms with Crippen LogP contribution in [-0.4, -0.2) is 89.3 Å². The molecule has 36 heavy (non-hydrogen) atoms. The number of carboxylic acids is 1. The van der Waals surface area contributed by atoms with Crippen LogP contribution in [0.4, 0.5) is 0 Å². The third-order valence-corrected chi connectivity index (χ3v) is 7.01. The summed E-state index contributed by atoms with van der Waals surface area (Å²) in [7, 11) is 1.50. The molecule has 0 aliphatic carbocycles. The van der Waals surface area contributed by atoms with Gasteiger partial charge in [-0.1, -0.05) is 13.8 Å². The van der Waals surface area contributed by atoms with Gasteiger partial charge in [-0.3, -0.25) is 31.6 Å². The van der Waals surface area contributed by atoms with Crippen molar-refractivity contribution < 1.29 is 52.2 Å². The number of carboxylic acid groups (broad SMARTS) is 1. The van der Waals surface area contributed by atoms with Gasteiger partial charge in [0.15, 0.2) is 5.97 Å². The van der Waals surface area contributed by atoms with Gasteiger partial charge < -0.3 is 33.4 Å².